The fourth-order valence-corrected chi connectivity index (χ4v) is 2.12. The van der Waals surface area contributed by atoms with Crippen molar-refractivity contribution in [2.45, 2.75) is 12.6 Å². The van der Waals surface area contributed by atoms with Crippen LogP contribution in [0.25, 0.3) is 0 Å². The van der Waals surface area contributed by atoms with E-state index in [4.69, 9.17) is 5.73 Å². The molecule has 0 aliphatic heterocycles. The molecule has 0 atom stereocenters. The zero-order valence-corrected chi connectivity index (χ0v) is 11.1. The number of carbonyl (C=O) groups is 1. The molecular formula is C12H13F3N2OS. The van der Waals surface area contributed by atoms with E-state index in [1.54, 1.807) is 12.1 Å². The van der Waals surface area contributed by atoms with Gasteiger partial charge in [-0.2, -0.15) is 13.2 Å². The number of nitrogens with zero attached hydrogens (tertiary/aromatic N) is 1. The Morgan fingerprint density at radius 1 is 1.47 bits per heavy atom. The summed E-state index contributed by atoms with van der Waals surface area (Å²) in [4.78, 5) is 13.9. The highest BCUT2D eigenvalue weighted by Crippen LogP contribution is 2.21. The fraction of sp³-hybridized carbons (Fsp3) is 0.417. The summed E-state index contributed by atoms with van der Waals surface area (Å²) in [5.74, 6) is 4.98. The number of nitrogens with two attached hydrogens (primary N) is 1. The van der Waals surface area contributed by atoms with Gasteiger partial charge < -0.3 is 10.6 Å². The average molecular weight is 290 g/mol. The van der Waals surface area contributed by atoms with E-state index >= 15 is 0 Å². The van der Waals surface area contributed by atoms with Crippen LogP contribution in [0.3, 0.4) is 0 Å². The molecule has 1 aromatic heterocycles. The molecule has 0 aromatic carbocycles. The lowest BCUT2D eigenvalue weighted by atomic mass is 10.3. The van der Waals surface area contributed by atoms with E-state index in [2.05, 4.69) is 11.8 Å². The highest BCUT2D eigenvalue weighted by atomic mass is 32.1. The molecule has 0 unspecified atom stereocenters. The Balaban J connectivity index is 2.64. The van der Waals surface area contributed by atoms with E-state index in [1.165, 1.54) is 7.05 Å². The van der Waals surface area contributed by atoms with Crippen LogP contribution < -0.4 is 5.73 Å². The van der Waals surface area contributed by atoms with Gasteiger partial charge in [0.25, 0.3) is 5.91 Å². The Hall–Kier alpha value is -1.52. The van der Waals surface area contributed by atoms with Crippen LogP contribution in [0, 0.1) is 11.8 Å². The molecule has 7 heteroatoms. The van der Waals surface area contributed by atoms with Gasteiger partial charge >= 0.3 is 6.18 Å². The minimum absolute atomic E-state index is 0.215. The van der Waals surface area contributed by atoms with Gasteiger partial charge in [0.15, 0.2) is 0 Å². The largest absolute Gasteiger partial charge is 0.390 e. The van der Waals surface area contributed by atoms with Gasteiger partial charge in [-0.25, -0.2) is 0 Å². The highest BCUT2D eigenvalue weighted by molar-refractivity contribution is 7.14. The van der Waals surface area contributed by atoms with Gasteiger partial charge in [0.2, 0.25) is 0 Å². The molecule has 1 aromatic rings. The Bertz CT molecular complexity index is 499. The van der Waals surface area contributed by atoms with Crippen LogP contribution in [-0.2, 0) is 0 Å². The number of hydrogen-bond acceptors (Lipinski definition) is 3. The van der Waals surface area contributed by atoms with Gasteiger partial charge in [-0.05, 0) is 12.1 Å². The molecule has 2 N–H and O–H groups in total. The molecule has 0 saturated carbocycles. The normalized spacial score (nSPS) is 10.8. The van der Waals surface area contributed by atoms with E-state index < -0.39 is 18.5 Å². The first kappa shape index (κ1) is 15.5. The molecule has 0 spiro atoms. The van der Waals surface area contributed by atoms with Crippen molar-refractivity contribution < 1.29 is 18.0 Å². The van der Waals surface area contributed by atoms with Crippen LogP contribution >= 0.6 is 11.3 Å². The molecule has 0 aliphatic carbocycles. The first-order valence-electron chi connectivity index (χ1n) is 5.44. The summed E-state index contributed by atoms with van der Waals surface area (Å²) in [6, 6.07) is 3.20. The summed E-state index contributed by atoms with van der Waals surface area (Å²) in [7, 11) is 1.35. The predicted molar refractivity (Wildman–Crippen MR) is 67.9 cm³/mol. The quantitative estimate of drug-likeness (QED) is 0.866. The molecule has 1 rings (SSSR count). The minimum atomic E-state index is -4.26. The third kappa shape index (κ3) is 5.32. The third-order valence-corrected chi connectivity index (χ3v) is 3.20. The van der Waals surface area contributed by atoms with Crippen LogP contribution in [0.1, 0.15) is 21.0 Å². The maximum absolute atomic E-state index is 12.1. The fourth-order valence-electron chi connectivity index (χ4n) is 1.24. The lowest BCUT2D eigenvalue weighted by Crippen LogP contribution is -2.29. The number of amides is 1. The molecular weight excluding hydrogens is 277 g/mol. The summed E-state index contributed by atoms with van der Waals surface area (Å²) >= 11 is 1.14. The SMILES string of the molecule is CN(CCC(F)(F)F)C(=O)c1ccc(C#CCN)s1. The van der Waals surface area contributed by atoms with Crippen molar-refractivity contribution in [3.63, 3.8) is 0 Å². The number of alkyl halides is 3. The summed E-state index contributed by atoms with van der Waals surface area (Å²) in [5, 5.41) is 0. The first-order valence-corrected chi connectivity index (χ1v) is 6.26. The number of hydrogen-bond donors (Lipinski definition) is 1. The second kappa shape index (κ2) is 6.59. The standard InChI is InChI=1S/C12H13F3N2OS/c1-17(8-6-12(13,14)15)11(18)10-5-4-9(19-10)3-2-7-16/h4-5H,6-8,16H2,1H3. The average Bonchev–Trinajstić information content (AvgIpc) is 2.80. The Morgan fingerprint density at radius 2 is 2.16 bits per heavy atom. The zero-order chi connectivity index (χ0) is 14.5. The van der Waals surface area contributed by atoms with Gasteiger partial charge in [0, 0.05) is 13.6 Å². The molecule has 0 bridgehead atoms. The molecule has 1 heterocycles. The van der Waals surface area contributed by atoms with Crippen molar-refractivity contribution in [1.82, 2.24) is 4.90 Å². The smallest absolute Gasteiger partial charge is 0.341 e. The van der Waals surface area contributed by atoms with E-state index in [1.807, 2.05) is 0 Å². The molecule has 0 radical (unpaired) electrons. The topological polar surface area (TPSA) is 46.3 Å². The van der Waals surface area contributed by atoms with E-state index in [0.717, 1.165) is 16.2 Å². The van der Waals surface area contributed by atoms with Crippen molar-refractivity contribution in [2.24, 2.45) is 5.73 Å². The number of thiophene rings is 1. The van der Waals surface area contributed by atoms with Gasteiger partial charge in [-0.15, -0.1) is 11.3 Å². The van der Waals surface area contributed by atoms with Crippen LogP contribution in [0.4, 0.5) is 13.2 Å². The van der Waals surface area contributed by atoms with Gasteiger partial charge in [0.05, 0.1) is 22.7 Å². The van der Waals surface area contributed by atoms with Crippen LogP contribution in [-0.4, -0.2) is 37.1 Å². The van der Waals surface area contributed by atoms with Crippen LogP contribution in [0.2, 0.25) is 0 Å². The number of carbonyl (C=O) groups excluding carboxylic acids is 1. The van der Waals surface area contributed by atoms with Crippen molar-refractivity contribution in [2.75, 3.05) is 20.1 Å². The van der Waals surface area contributed by atoms with E-state index in [0.29, 0.717) is 9.75 Å². The number of halogens is 3. The van der Waals surface area contributed by atoms with Gasteiger partial charge in [-0.3, -0.25) is 4.79 Å². The molecule has 0 fully saturated rings. The Kier molecular flexibility index (Phi) is 5.39. The monoisotopic (exact) mass is 290 g/mol. The second-order valence-electron chi connectivity index (χ2n) is 3.76. The van der Waals surface area contributed by atoms with Crippen molar-refractivity contribution in [1.29, 1.82) is 0 Å². The summed E-state index contributed by atoms with van der Waals surface area (Å²) in [6.07, 6.45) is -5.28. The molecule has 104 valence electrons. The zero-order valence-electron chi connectivity index (χ0n) is 10.3. The predicted octanol–water partition coefficient (Wildman–Crippen LogP) is 2.08. The van der Waals surface area contributed by atoms with Gasteiger partial charge in [0.1, 0.15) is 0 Å². The Morgan fingerprint density at radius 3 is 2.74 bits per heavy atom. The molecule has 0 aliphatic rings. The van der Waals surface area contributed by atoms with Crippen molar-refractivity contribution >= 4 is 17.2 Å². The highest BCUT2D eigenvalue weighted by Gasteiger charge is 2.28. The molecule has 19 heavy (non-hydrogen) atoms. The van der Waals surface area contributed by atoms with Gasteiger partial charge in [-0.1, -0.05) is 11.8 Å². The Labute approximate surface area is 113 Å². The lowest BCUT2D eigenvalue weighted by Gasteiger charge is -2.17. The minimum Gasteiger partial charge on any atom is -0.341 e. The van der Waals surface area contributed by atoms with Crippen molar-refractivity contribution in [3.8, 4) is 11.8 Å². The lowest BCUT2D eigenvalue weighted by molar-refractivity contribution is -0.136. The molecule has 1 amide bonds. The number of rotatable bonds is 3. The maximum atomic E-state index is 12.1. The second-order valence-corrected chi connectivity index (χ2v) is 4.85. The van der Waals surface area contributed by atoms with E-state index in [9.17, 15) is 18.0 Å². The first-order chi connectivity index (χ1) is 8.83. The van der Waals surface area contributed by atoms with Crippen molar-refractivity contribution in [3.05, 3.63) is 21.9 Å². The maximum Gasteiger partial charge on any atom is 0.390 e. The van der Waals surface area contributed by atoms with E-state index in [-0.39, 0.29) is 13.1 Å². The van der Waals surface area contributed by atoms with Crippen LogP contribution in [0.15, 0.2) is 12.1 Å². The molecule has 3 nitrogen and oxygen atoms in total. The van der Waals surface area contributed by atoms with Crippen LogP contribution in [0.5, 0.6) is 0 Å². The molecule has 0 saturated heterocycles. The summed E-state index contributed by atoms with van der Waals surface area (Å²) in [6.45, 7) is -0.142. The third-order valence-electron chi connectivity index (χ3n) is 2.21. The summed E-state index contributed by atoms with van der Waals surface area (Å²) in [5.41, 5.74) is 5.22. The summed E-state index contributed by atoms with van der Waals surface area (Å²) < 4.78 is 36.2.